The van der Waals surface area contributed by atoms with E-state index in [-0.39, 0.29) is 17.8 Å². The van der Waals surface area contributed by atoms with Gasteiger partial charge >= 0.3 is 6.01 Å². The van der Waals surface area contributed by atoms with Crippen molar-refractivity contribution in [1.82, 2.24) is 9.97 Å². The van der Waals surface area contributed by atoms with E-state index in [1.165, 1.54) is 7.11 Å². The number of ether oxygens (including phenoxy) is 1. The molecule has 1 aliphatic heterocycles. The Morgan fingerprint density at radius 3 is 2.93 bits per heavy atom. The van der Waals surface area contributed by atoms with E-state index in [9.17, 15) is 4.79 Å². The number of amides is 1. The van der Waals surface area contributed by atoms with E-state index < -0.39 is 0 Å². The van der Waals surface area contributed by atoms with Gasteiger partial charge < -0.3 is 15.8 Å². The lowest BCUT2D eigenvalue weighted by molar-refractivity contribution is -0.116. The first kappa shape index (κ1) is 9.70. The minimum absolute atomic E-state index is 0.0413. The van der Waals surface area contributed by atoms with Crippen LogP contribution in [0.3, 0.4) is 0 Å². The highest BCUT2D eigenvalue weighted by atomic mass is 16.5. The molecule has 0 saturated carbocycles. The maximum absolute atomic E-state index is 11.3. The van der Waals surface area contributed by atoms with E-state index in [4.69, 9.17) is 10.5 Å². The first-order valence-corrected chi connectivity index (χ1v) is 4.63. The Balaban J connectivity index is 2.54. The summed E-state index contributed by atoms with van der Waals surface area (Å²) in [4.78, 5) is 19.3. The zero-order chi connectivity index (χ0) is 11.0. The molecule has 80 valence electrons. The fourth-order valence-corrected chi connectivity index (χ4v) is 1.70. The second-order valence-electron chi connectivity index (χ2n) is 3.51. The van der Waals surface area contributed by atoms with Crippen LogP contribution in [0.4, 0.5) is 11.6 Å². The number of rotatable bonds is 1. The number of hydrogen-bond acceptors (Lipinski definition) is 5. The number of nitrogens with one attached hydrogen (secondary N) is 1. The maximum Gasteiger partial charge on any atom is 0.320 e. The molecule has 1 atom stereocenters. The van der Waals surface area contributed by atoms with Gasteiger partial charge in [0.05, 0.1) is 7.11 Å². The summed E-state index contributed by atoms with van der Waals surface area (Å²) in [5, 5.41) is 2.66. The van der Waals surface area contributed by atoms with Gasteiger partial charge in [0.1, 0.15) is 11.6 Å². The van der Waals surface area contributed by atoms with Crippen LogP contribution in [0.1, 0.15) is 24.8 Å². The number of nitrogens with two attached hydrogens (primary N) is 1. The SMILES string of the molecule is COc1nc(N)c2c(n1)NC(=O)CC2C. The third-order valence-electron chi connectivity index (χ3n) is 2.38. The van der Waals surface area contributed by atoms with Crippen molar-refractivity contribution in [1.29, 1.82) is 0 Å². The Morgan fingerprint density at radius 1 is 1.53 bits per heavy atom. The summed E-state index contributed by atoms with van der Waals surface area (Å²) in [6, 6.07) is 0.167. The van der Waals surface area contributed by atoms with Crippen molar-refractivity contribution in [2.45, 2.75) is 19.3 Å². The Hall–Kier alpha value is -1.85. The molecule has 0 aromatic carbocycles. The second-order valence-corrected chi connectivity index (χ2v) is 3.51. The van der Waals surface area contributed by atoms with Gasteiger partial charge in [-0.1, -0.05) is 6.92 Å². The van der Waals surface area contributed by atoms with Crippen LogP contribution in [0.2, 0.25) is 0 Å². The summed E-state index contributed by atoms with van der Waals surface area (Å²) in [7, 11) is 1.45. The minimum Gasteiger partial charge on any atom is -0.467 e. The number of hydrogen-bond donors (Lipinski definition) is 2. The van der Waals surface area contributed by atoms with Gasteiger partial charge in [0, 0.05) is 12.0 Å². The zero-order valence-electron chi connectivity index (χ0n) is 8.57. The fourth-order valence-electron chi connectivity index (χ4n) is 1.70. The van der Waals surface area contributed by atoms with Gasteiger partial charge in [0.15, 0.2) is 0 Å². The highest BCUT2D eigenvalue weighted by Gasteiger charge is 2.26. The minimum atomic E-state index is -0.0600. The van der Waals surface area contributed by atoms with Gasteiger partial charge in [-0.05, 0) is 5.92 Å². The van der Waals surface area contributed by atoms with Crippen molar-refractivity contribution in [3.05, 3.63) is 5.56 Å². The van der Waals surface area contributed by atoms with Crippen molar-refractivity contribution in [3.8, 4) is 6.01 Å². The molecule has 2 rings (SSSR count). The highest BCUT2D eigenvalue weighted by molar-refractivity contribution is 5.94. The molecule has 0 radical (unpaired) electrons. The van der Waals surface area contributed by atoms with Gasteiger partial charge in [-0.25, -0.2) is 0 Å². The number of anilines is 2. The van der Waals surface area contributed by atoms with Gasteiger partial charge in [-0.3, -0.25) is 4.79 Å². The molecule has 0 aliphatic carbocycles. The highest BCUT2D eigenvalue weighted by Crippen LogP contribution is 2.34. The predicted octanol–water partition coefficient (Wildman–Crippen LogP) is 0.513. The van der Waals surface area contributed by atoms with Crippen molar-refractivity contribution in [2.24, 2.45) is 0 Å². The number of fused-ring (bicyclic) bond motifs is 1. The lowest BCUT2D eigenvalue weighted by atomic mass is 9.95. The molecule has 0 bridgehead atoms. The van der Waals surface area contributed by atoms with Crippen LogP contribution in [-0.4, -0.2) is 23.0 Å². The lowest BCUT2D eigenvalue weighted by Crippen LogP contribution is -2.24. The molecule has 1 unspecified atom stereocenters. The molecule has 15 heavy (non-hydrogen) atoms. The van der Waals surface area contributed by atoms with Crippen LogP contribution in [-0.2, 0) is 4.79 Å². The van der Waals surface area contributed by atoms with Crippen molar-refractivity contribution in [3.63, 3.8) is 0 Å². The van der Waals surface area contributed by atoms with E-state index in [1.54, 1.807) is 0 Å². The van der Waals surface area contributed by atoms with Crippen LogP contribution in [0.25, 0.3) is 0 Å². The number of methoxy groups -OCH3 is 1. The van der Waals surface area contributed by atoms with E-state index in [2.05, 4.69) is 15.3 Å². The fraction of sp³-hybridized carbons (Fsp3) is 0.444. The van der Waals surface area contributed by atoms with Crippen LogP contribution in [0.15, 0.2) is 0 Å². The van der Waals surface area contributed by atoms with Crippen LogP contribution in [0, 0.1) is 0 Å². The smallest absolute Gasteiger partial charge is 0.320 e. The normalized spacial score (nSPS) is 19.3. The third kappa shape index (κ3) is 1.58. The van der Waals surface area contributed by atoms with E-state index >= 15 is 0 Å². The van der Waals surface area contributed by atoms with Gasteiger partial charge in [0.2, 0.25) is 5.91 Å². The summed E-state index contributed by atoms with van der Waals surface area (Å²) >= 11 is 0. The van der Waals surface area contributed by atoms with Crippen molar-refractivity contribution < 1.29 is 9.53 Å². The van der Waals surface area contributed by atoms with Gasteiger partial charge in [-0.15, -0.1) is 0 Å². The first-order chi connectivity index (χ1) is 7.11. The molecule has 1 aromatic heterocycles. The van der Waals surface area contributed by atoms with Crippen LogP contribution >= 0.6 is 0 Å². The number of aromatic nitrogens is 2. The Labute approximate surface area is 86.9 Å². The van der Waals surface area contributed by atoms with E-state index in [0.717, 1.165) is 5.56 Å². The molecule has 6 heteroatoms. The molecular weight excluding hydrogens is 196 g/mol. The maximum atomic E-state index is 11.3. The summed E-state index contributed by atoms with van der Waals surface area (Å²) in [5.74, 6) is 0.808. The molecule has 1 aliphatic rings. The Kier molecular flexibility index (Phi) is 2.18. The number of carbonyl (C=O) groups excluding carboxylic acids is 1. The predicted molar refractivity (Wildman–Crippen MR) is 54.7 cm³/mol. The lowest BCUT2D eigenvalue weighted by Gasteiger charge is -2.22. The van der Waals surface area contributed by atoms with E-state index in [1.807, 2.05) is 6.92 Å². The van der Waals surface area contributed by atoms with Gasteiger partial charge in [0.25, 0.3) is 0 Å². The van der Waals surface area contributed by atoms with Crippen molar-refractivity contribution >= 4 is 17.5 Å². The van der Waals surface area contributed by atoms with Crippen molar-refractivity contribution in [2.75, 3.05) is 18.2 Å². The molecule has 1 aromatic rings. The molecule has 0 saturated heterocycles. The summed E-state index contributed by atoms with van der Waals surface area (Å²) in [6.07, 6.45) is 0.410. The average molecular weight is 208 g/mol. The molecule has 0 fully saturated rings. The zero-order valence-corrected chi connectivity index (χ0v) is 8.57. The summed E-state index contributed by atoms with van der Waals surface area (Å²) in [6.45, 7) is 1.92. The van der Waals surface area contributed by atoms with Gasteiger partial charge in [-0.2, -0.15) is 9.97 Å². The average Bonchev–Trinajstić information content (AvgIpc) is 2.15. The Bertz CT molecular complexity index is 419. The first-order valence-electron chi connectivity index (χ1n) is 4.63. The molecule has 1 amide bonds. The topological polar surface area (TPSA) is 90.1 Å². The number of carbonyl (C=O) groups is 1. The quantitative estimate of drug-likeness (QED) is 0.701. The molecule has 6 nitrogen and oxygen atoms in total. The molecular formula is C9H12N4O2. The van der Waals surface area contributed by atoms with E-state index in [0.29, 0.717) is 18.1 Å². The van der Waals surface area contributed by atoms with Crippen LogP contribution in [0.5, 0.6) is 6.01 Å². The molecule has 2 heterocycles. The molecule has 0 spiro atoms. The standard InChI is InChI=1S/C9H12N4O2/c1-4-3-5(14)11-8-6(4)7(10)12-9(13-8)15-2/h4H,3H2,1-2H3,(H3,10,11,12,13,14). The monoisotopic (exact) mass is 208 g/mol. The van der Waals surface area contributed by atoms with Crippen LogP contribution < -0.4 is 15.8 Å². The number of nitrogens with zero attached hydrogens (tertiary/aromatic N) is 2. The second kappa shape index (κ2) is 3.38. The summed E-state index contributed by atoms with van der Waals surface area (Å²) < 4.78 is 4.88. The third-order valence-corrected chi connectivity index (χ3v) is 2.38. The summed E-state index contributed by atoms with van der Waals surface area (Å²) in [5.41, 5.74) is 6.56. The molecule has 3 N–H and O–H groups in total. The largest absolute Gasteiger partial charge is 0.467 e. The Morgan fingerprint density at radius 2 is 2.27 bits per heavy atom. The number of nitrogen functional groups attached to an aromatic ring is 1.